The molecule has 6 heteroatoms. The molecule has 1 aromatic carbocycles. The Morgan fingerprint density at radius 1 is 1.04 bits per heavy atom. The minimum Gasteiger partial charge on any atom is -0.508 e. The maximum atomic E-state index is 12.5. The summed E-state index contributed by atoms with van der Waals surface area (Å²) in [6, 6.07) is 6.11. The standard InChI is InChI=1S/C21H35N3O3/c1-2-9-20(26)24-19(16-17-10-12-18(25)13-11-17)21(27)23-15-8-6-4-3-5-7-14-22/h10-13,19,25H,2-9,14-16,22H2,1H3,(H,23,27)(H,24,26)/t19-/m0/s1. The molecule has 1 aromatic rings. The van der Waals surface area contributed by atoms with Gasteiger partial charge in [0.2, 0.25) is 11.8 Å². The second kappa shape index (κ2) is 14.0. The highest BCUT2D eigenvalue weighted by Crippen LogP contribution is 2.12. The highest BCUT2D eigenvalue weighted by molar-refractivity contribution is 5.87. The van der Waals surface area contributed by atoms with Gasteiger partial charge in [-0.15, -0.1) is 0 Å². The zero-order chi connectivity index (χ0) is 19.9. The van der Waals surface area contributed by atoms with Crippen LogP contribution in [0.3, 0.4) is 0 Å². The molecule has 0 bridgehead atoms. The van der Waals surface area contributed by atoms with Gasteiger partial charge in [0.15, 0.2) is 0 Å². The topological polar surface area (TPSA) is 104 Å². The van der Waals surface area contributed by atoms with Gasteiger partial charge in [0.05, 0.1) is 0 Å². The fraction of sp³-hybridized carbons (Fsp3) is 0.619. The van der Waals surface area contributed by atoms with Gasteiger partial charge in [-0.25, -0.2) is 0 Å². The molecule has 1 atom stereocenters. The molecule has 0 aliphatic rings. The average molecular weight is 378 g/mol. The van der Waals surface area contributed by atoms with Crippen LogP contribution in [0.2, 0.25) is 0 Å². The third-order valence-electron chi connectivity index (χ3n) is 4.44. The van der Waals surface area contributed by atoms with E-state index in [1.165, 1.54) is 12.8 Å². The fourth-order valence-electron chi connectivity index (χ4n) is 2.88. The molecule has 0 saturated carbocycles. The number of nitrogens with two attached hydrogens (primary N) is 1. The van der Waals surface area contributed by atoms with E-state index in [1.54, 1.807) is 24.3 Å². The van der Waals surface area contributed by atoms with E-state index in [0.29, 0.717) is 19.4 Å². The Morgan fingerprint density at radius 3 is 2.30 bits per heavy atom. The van der Waals surface area contributed by atoms with E-state index < -0.39 is 6.04 Å². The van der Waals surface area contributed by atoms with Crippen LogP contribution in [0, 0.1) is 0 Å². The Labute approximate surface area is 162 Å². The van der Waals surface area contributed by atoms with E-state index in [4.69, 9.17) is 5.73 Å². The summed E-state index contributed by atoms with van der Waals surface area (Å²) < 4.78 is 0. The van der Waals surface area contributed by atoms with Crippen molar-refractivity contribution >= 4 is 11.8 Å². The zero-order valence-corrected chi connectivity index (χ0v) is 16.5. The number of unbranched alkanes of at least 4 members (excludes halogenated alkanes) is 5. The summed E-state index contributed by atoms with van der Waals surface area (Å²) in [4.78, 5) is 24.5. The van der Waals surface area contributed by atoms with Crippen molar-refractivity contribution < 1.29 is 14.7 Å². The smallest absolute Gasteiger partial charge is 0.242 e. The molecule has 0 heterocycles. The van der Waals surface area contributed by atoms with Crippen LogP contribution in [0.15, 0.2) is 24.3 Å². The minimum absolute atomic E-state index is 0.115. The second-order valence-electron chi connectivity index (χ2n) is 6.94. The summed E-state index contributed by atoms with van der Waals surface area (Å²) in [6.07, 6.45) is 8.14. The normalized spacial score (nSPS) is 11.8. The molecule has 0 aliphatic heterocycles. The average Bonchev–Trinajstić information content (AvgIpc) is 2.65. The Morgan fingerprint density at radius 2 is 1.67 bits per heavy atom. The number of rotatable bonds is 14. The van der Waals surface area contributed by atoms with Crippen molar-refractivity contribution in [1.29, 1.82) is 0 Å². The van der Waals surface area contributed by atoms with Gasteiger partial charge in [0.25, 0.3) is 0 Å². The number of phenolic OH excluding ortho intramolecular Hbond substituents is 1. The number of amides is 2. The first-order valence-electron chi connectivity index (χ1n) is 10.1. The third kappa shape index (κ3) is 10.6. The van der Waals surface area contributed by atoms with Crippen LogP contribution in [0.4, 0.5) is 0 Å². The maximum Gasteiger partial charge on any atom is 0.242 e. The van der Waals surface area contributed by atoms with Gasteiger partial charge in [-0.2, -0.15) is 0 Å². The van der Waals surface area contributed by atoms with Crippen molar-refractivity contribution in [3.8, 4) is 5.75 Å². The number of carbonyl (C=O) groups is 2. The molecule has 0 unspecified atom stereocenters. The highest BCUT2D eigenvalue weighted by Gasteiger charge is 2.20. The lowest BCUT2D eigenvalue weighted by atomic mass is 10.0. The molecule has 0 aromatic heterocycles. The van der Waals surface area contributed by atoms with Crippen molar-refractivity contribution in [2.45, 2.75) is 70.8 Å². The van der Waals surface area contributed by atoms with Gasteiger partial charge in [0.1, 0.15) is 11.8 Å². The first-order chi connectivity index (χ1) is 13.1. The molecular formula is C21H35N3O3. The highest BCUT2D eigenvalue weighted by atomic mass is 16.3. The van der Waals surface area contributed by atoms with Crippen molar-refractivity contribution in [1.82, 2.24) is 10.6 Å². The van der Waals surface area contributed by atoms with Gasteiger partial charge in [-0.3, -0.25) is 9.59 Å². The molecule has 1 rings (SSSR count). The van der Waals surface area contributed by atoms with Gasteiger partial charge >= 0.3 is 0 Å². The Hall–Kier alpha value is -2.08. The van der Waals surface area contributed by atoms with Gasteiger partial charge in [-0.05, 0) is 43.5 Å². The monoisotopic (exact) mass is 377 g/mol. The molecule has 0 spiro atoms. The lowest BCUT2D eigenvalue weighted by molar-refractivity contribution is -0.129. The molecule has 0 saturated heterocycles. The van der Waals surface area contributed by atoms with E-state index in [1.807, 2.05) is 6.92 Å². The molecule has 0 fully saturated rings. The summed E-state index contributed by atoms with van der Waals surface area (Å²) in [5.41, 5.74) is 6.37. The quantitative estimate of drug-likeness (QED) is 0.374. The summed E-state index contributed by atoms with van der Waals surface area (Å²) in [5, 5.41) is 15.2. The van der Waals surface area contributed by atoms with Gasteiger partial charge < -0.3 is 21.5 Å². The van der Waals surface area contributed by atoms with Crippen LogP contribution >= 0.6 is 0 Å². The molecule has 0 radical (unpaired) electrons. The molecule has 0 aliphatic carbocycles. The molecule has 152 valence electrons. The summed E-state index contributed by atoms with van der Waals surface area (Å²) >= 11 is 0. The Bertz CT molecular complexity index is 546. The Balaban J connectivity index is 2.44. The first-order valence-corrected chi connectivity index (χ1v) is 10.1. The first kappa shape index (κ1) is 23.0. The fourth-order valence-corrected chi connectivity index (χ4v) is 2.88. The van der Waals surface area contributed by atoms with Gasteiger partial charge in [0, 0.05) is 19.4 Å². The van der Waals surface area contributed by atoms with Crippen LogP contribution in [0.25, 0.3) is 0 Å². The largest absolute Gasteiger partial charge is 0.508 e. The minimum atomic E-state index is -0.599. The number of hydrogen-bond donors (Lipinski definition) is 4. The lowest BCUT2D eigenvalue weighted by Gasteiger charge is -2.19. The van der Waals surface area contributed by atoms with Crippen LogP contribution in [0.1, 0.15) is 63.9 Å². The predicted octanol–water partition coefficient (Wildman–Crippen LogP) is 2.64. The molecular weight excluding hydrogens is 342 g/mol. The predicted molar refractivity (Wildman–Crippen MR) is 108 cm³/mol. The Kier molecular flexibility index (Phi) is 11.9. The van der Waals surface area contributed by atoms with Crippen LogP contribution in [0.5, 0.6) is 5.75 Å². The van der Waals surface area contributed by atoms with E-state index >= 15 is 0 Å². The van der Waals surface area contributed by atoms with Crippen molar-refractivity contribution in [3.63, 3.8) is 0 Å². The maximum absolute atomic E-state index is 12.5. The molecule has 2 amide bonds. The third-order valence-corrected chi connectivity index (χ3v) is 4.44. The molecule has 5 N–H and O–H groups in total. The van der Waals surface area contributed by atoms with Gasteiger partial charge in [-0.1, -0.05) is 44.7 Å². The van der Waals surface area contributed by atoms with Crippen molar-refractivity contribution in [2.75, 3.05) is 13.1 Å². The number of hydrogen-bond acceptors (Lipinski definition) is 4. The van der Waals surface area contributed by atoms with Crippen LogP contribution < -0.4 is 16.4 Å². The summed E-state index contributed by atoms with van der Waals surface area (Å²) in [7, 11) is 0. The van der Waals surface area contributed by atoms with Crippen LogP contribution in [-0.2, 0) is 16.0 Å². The number of carbonyl (C=O) groups excluding carboxylic acids is 2. The van der Waals surface area contributed by atoms with E-state index in [9.17, 15) is 14.7 Å². The summed E-state index contributed by atoms with van der Waals surface area (Å²) in [6.45, 7) is 3.30. The number of benzene rings is 1. The molecule has 27 heavy (non-hydrogen) atoms. The van der Waals surface area contributed by atoms with E-state index in [2.05, 4.69) is 10.6 Å². The SMILES string of the molecule is CCCC(=O)N[C@@H](Cc1ccc(O)cc1)C(=O)NCCCCCCCCN. The number of aromatic hydroxyl groups is 1. The van der Waals surface area contributed by atoms with E-state index in [0.717, 1.165) is 44.2 Å². The number of phenols is 1. The van der Waals surface area contributed by atoms with E-state index in [-0.39, 0.29) is 17.6 Å². The lowest BCUT2D eigenvalue weighted by Crippen LogP contribution is -2.48. The summed E-state index contributed by atoms with van der Waals surface area (Å²) in [5.74, 6) is -0.0896. The van der Waals surface area contributed by atoms with Crippen molar-refractivity contribution in [2.24, 2.45) is 5.73 Å². The number of nitrogens with one attached hydrogen (secondary N) is 2. The van der Waals surface area contributed by atoms with Crippen molar-refractivity contribution in [3.05, 3.63) is 29.8 Å². The molecule has 6 nitrogen and oxygen atoms in total. The van der Waals surface area contributed by atoms with Crippen LogP contribution in [-0.4, -0.2) is 36.1 Å². The second-order valence-corrected chi connectivity index (χ2v) is 6.94. The zero-order valence-electron chi connectivity index (χ0n) is 16.5.